The number of aromatic nitrogens is 2. The van der Waals surface area contributed by atoms with Crippen LogP contribution in [-0.4, -0.2) is 42.5 Å². The van der Waals surface area contributed by atoms with Gasteiger partial charge >= 0.3 is 6.36 Å². The lowest BCUT2D eigenvalue weighted by atomic mass is 10.1. The summed E-state index contributed by atoms with van der Waals surface area (Å²) in [5.41, 5.74) is 8.13. The van der Waals surface area contributed by atoms with Gasteiger partial charge in [0.1, 0.15) is 11.6 Å². The van der Waals surface area contributed by atoms with Crippen LogP contribution in [0, 0.1) is 5.82 Å². The van der Waals surface area contributed by atoms with Crippen molar-refractivity contribution < 1.29 is 22.3 Å². The van der Waals surface area contributed by atoms with Gasteiger partial charge in [-0.15, -0.1) is 13.2 Å². The molecule has 1 fully saturated rings. The van der Waals surface area contributed by atoms with Gasteiger partial charge in [-0.3, -0.25) is 0 Å². The van der Waals surface area contributed by atoms with Crippen LogP contribution in [0.15, 0.2) is 54.6 Å². The topological polar surface area (TPSA) is 67.5 Å². The number of nitrogens with zero attached hydrogens (tertiary/aromatic N) is 4. The third-order valence-electron chi connectivity index (χ3n) is 5.12. The van der Waals surface area contributed by atoms with E-state index in [1.54, 1.807) is 24.3 Å². The van der Waals surface area contributed by atoms with Crippen LogP contribution in [0.5, 0.6) is 5.75 Å². The average molecular weight is 447 g/mol. The number of para-hydroxylation sites is 1. The average Bonchev–Trinajstić information content (AvgIpc) is 2.79. The van der Waals surface area contributed by atoms with Crippen molar-refractivity contribution in [1.29, 1.82) is 0 Å². The van der Waals surface area contributed by atoms with Gasteiger partial charge in [0, 0.05) is 38.3 Å². The van der Waals surface area contributed by atoms with E-state index in [2.05, 4.69) is 14.7 Å². The molecule has 4 rings (SSSR count). The molecular formula is C22H21F4N5O. The molecule has 1 aromatic heterocycles. The lowest BCUT2D eigenvalue weighted by molar-refractivity contribution is -0.274. The number of hydrogen-bond donors (Lipinski definition) is 1. The van der Waals surface area contributed by atoms with Gasteiger partial charge in [0.25, 0.3) is 0 Å². The second-order valence-corrected chi connectivity index (χ2v) is 7.25. The Morgan fingerprint density at radius 3 is 2.19 bits per heavy atom. The number of nitrogens with two attached hydrogens (primary N) is 1. The smallest absolute Gasteiger partial charge is 0.406 e. The summed E-state index contributed by atoms with van der Waals surface area (Å²) < 4.78 is 55.2. The quantitative estimate of drug-likeness (QED) is 0.597. The minimum absolute atomic E-state index is 0.187. The fourth-order valence-electron chi connectivity index (χ4n) is 3.56. The number of alkyl halides is 3. The summed E-state index contributed by atoms with van der Waals surface area (Å²) in [6, 6.07) is 13.8. The highest BCUT2D eigenvalue weighted by Gasteiger charge is 2.31. The van der Waals surface area contributed by atoms with Gasteiger partial charge in [-0.25, -0.2) is 14.4 Å². The Hall–Kier alpha value is -3.40. The van der Waals surface area contributed by atoms with Gasteiger partial charge in [0.15, 0.2) is 0 Å². The monoisotopic (exact) mass is 447 g/mol. The second-order valence-electron chi connectivity index (χ2n) is 7.25. The summed E-state index contributed by atoms with van der Waals surface area (Å²) in [5.74, 6) is -0.0897. The van der Waals surface area contributed by atoms with E-state index < -0.39 is 6.36 Å². The van der Waals surface area contributed by atoms with Gasteiger partial charge in [0.05, 0.1) is 17.1 Å². The molecule has 0 aliphatic carbocycles. The summed E-state index contributed by atoms with van der Waals surface area (Å²) in [6.45, 7) is 2.54. The molecule has 2 heterocycles. The van der Waals surface area contributed by atoms with Crippen molar-refractivity contribution in [3.05, 3.63) is 66.1 Å². The Kier molecular flexibility index (Phi) is 6.13. The highest BCUT2D eigenvalue weighted by atomic mass is 19.4. The zero-order valence-electron chi connectivity index (χ0n) is 17.0. The zero-order chi connectivity index (χ0) is 22.7. The standard InChI is InChI=1S/C22H21F4N5O/c23-18-3-1-2-4-20(18)30-9-11-31(12-10-30)21-28-16(14-27)13-19(29-21)15-5-7-17(8-6-15)32-22(24,25)26/h1-8,13H,9-12,14,27H2. The molecule has 0 bridgehead atoms. The number of ether oxygens (including phenoxy) is 1. The number of benzene rings is 2. The molecule has 168 valence electrons. The third-order valence-corrected chi connectivity index (χ3v) is 5.12. The van der Waals surface area contributed by atoms with Crippen LogP contribution in [-0.2, 0) is 6.54 Å². The van der Waals surface area contributed by atoms with E-state index in [0.29, 0.717) is 54.8 Å². The minimum atomic E-state index is -4.75. The van der Waals surface area contributed by atoms with Gasteiger partial charge in [-0.05, 0) is 42.5 Å². The first kappa shape index (κ1) is 21.8. The van der Waals surface area contributed by atoms with E-state index >= 15 is 0 Å². The van der Waals surface area contributed by atoms with Gasteiger partial charge in [-0.2, -0.15) is 0 Å². The Morgan fingerprint density at radius 1 is 0.906 bits per heavy atom. The molecule has 1 aliphatic heterocycles. The summed E-state index contributed by atoms with van der Waals surface area (Å²) in [6.07, 6.45) is -4.75. The second kappa shape index (κ2) is 8.99. The van der Waals surface area contributed by atoms with Crippen LogP contribution in [0.1, 0.15) is 5.69 Å². The van der Waals surface area contributed by atoms with Crippen LogP contribution >= 0.6 is 0 Å². The Bertz CT molecular complexity index is 1070. The lowest BCUT2D eigenvalue weighted by Gasteiger charge is -2.36. The van der Waals surface area contributed by atoms with Crippen molar-refractivity contribution in [3.63, 3.8) is 0 Å². The first-order chi connectivity index (χ1) is 15.3. The molecule has 6 nitrogen and oxygen atoms in total. The maximum absolute atomic E-state index is 14.1. The van der Waals surface area contributed by atoms with Gasteiger partial charge in [-0.1, -0.05) is 12.1 Å². The number of rotatable bonds is 5. The summed E-state index contributed by atoms with van der Waals surface area (Å²) >= 11 is 0. The van der Waals surface area contributed by atoms with Crippen LogP contribution in [0.3, 0.4) is 0 Å². The molecule has 0 amide bonds. The number of anilines is 2. The molecule has 3 aromatic rings. The minimum Gasteiger partial charge on any atom is -0.406 e. The number of hydrogen-bond acceptors (Lipinski definition) is 6. The van der Waals surface area contributed by atoms with E-state index in [1.165, 1.54) is 30.3 Å². The molecular weight excluding hydrogens is 426 g/mol. The molecule has 0 unspecified atom stereocenters. The van der Waals surface area contributed by atoms with Crippen LogP contribution < -0.4 is 20.3 Å². The zero-order valence-corrected chi connectivity index (χ0v) is 17.0. The van der Waals surface area contributed by atoms with Crippen molar-refractivity contribution in [2.45, 2.75) is 12.9 Å². The van der Waals surface area contributed by atoms with E-state index in [9.17, 15) is 17.6 Å². The van der Waals surface area contributed by atoms with E-state index in [-0.39, 0.29) is 18.1 Å². The molecule has 0 saturated carbocycles. The molecule has 0 atom stereocenters. The lowest BCUT2D eigenvalue weighted by Crippen LogP contribution is -2.47. The van der Waals surface area contributed by atoms with E-state index in [0.717, 1.165) is 0 Å². The van der Waals surface area contributed by atoms with Crippen LogP contribution in [0.2, 0.25) is 0 Å². The molecule has 1 aliphatic rings. The highest BCUT2D eigenvalue weighted by molar-refractivity contribution is 5.62. The summed E-state index contributed by atoms with van der Waals surface area (Å²) in [4.78, 5) is 13.1. The molecule has 32 heavy (non-hydrogen) atoms. The SMILES string of the molecule is NCc1cc(-c2ccc(OC(F)(F)F)cc2)nc(N2CCN(c3ccccc3F)CC2)n1. The Morgan fingerprint density at radius 2 is 1.56 bits per heavy atom. The van der Waals surface area contributed by atoms with E-state index in [4.69, 9.17) is 5.73 Å². The fraction of sp³-hybridized carbons (Fsp3) is 0.273. The number of halogens is 4. The predicted octanol–water partition coefficient (Wildman–Crippen LogP) is 3.97. The molecule has 1 saturated heterocycles. The normalized spacial score (nSPS) is 14.5. The van der Waals surface area contributed by atoms with Crippen molar-refractivity contribution >= 4 is 11.6 Å². The first-order valence-electron chi connectivity index (χ1n) is 10.0. The maximum Gasteiger partial charge on any atom is 0.573 e. The predicted molar refractivity (Wildman–Crippen MR) is 113 cm³/mol. The first-order valence-corrected chi connectivity index (χ1v) is 10.0. The molecule has 2 N–H and O–H groups in total. The maximum atomic E-state index is 14.1. The molecule has 0 spiro atoms. The fourth-order valence-corrected chi connectivity index (χ4v) is 3.56. The number of piperazine rings is 1. The third kappa shape index (κ3) is 5.08. The van der Waals surface area contributed by atoms with E-state index in [1.807, 2.05) is 9.80 Å². The van der Waals surface area contributed by atoms with Crippen molar-refractivity contribution in [2.75, 3.05) is 36.0 Å². The summed E-state index contributed by atoms with van der Waals surface area (Å²) in [5, 5.41) is 0. The van der Waals surface area contributed by atoms with Crippen molar-refractivity contribution in [3.8, 4) is 17.0 Å². The van der Waals surface area contributed by atoms with Crippen LogP contribution in [0.4, 0.5) is 29.2 Å². The molecule has 10 heteroatoms. The highest BCUT2D eigenvalue weighted by Crippen LogP contribution is 2.28. The Labute approximate surface area is 182 Å². The van der Waals surface area contributed by atoms with Crippen molar-refractivity contribution in [1.82, 2.24) is 9.97 Å². The van der Waals surface area contributed by atoms with Crippen molar-refractivity contribution in [2.24, 2.45) is 5.73 Å². The molecule has 0 radical (unpaired) electrons. The summed E-state index contributed by atoms with van der Waals surface area (Å²) in [7, 11) is 0. The Balaban J connectivity index is 1.52. The van der Waals surface area contributed by atoms with Crippen LogP contribution in [0.25, 0.3) is 11.3 Å². The van der Waals surface area contributed by atoms with Gasteiger partial charge < -0.3 is 20.3 Å². The largest absolute Gasteiger partial charge is 0.573 e. The molecule has 2 aromatic carbocycles. The van der Waals surface area contributed by atoms with Gasteiger partial charge in [0.2, 0.25) is 5.95 Å².